The van der Waals surface area contributed by atoms with Crippen LogP contribution in [0, 0.1) is 5.41 Å². The van der Waals surface area contributed by atoms with Gasteiger partial charge in [-0.1, -0.05) is 0 Å². The molecule has 0 saturated heterocycles. The second-order valence-corrected chi connectivity index (χ2v) is 3.04. The third-order valence-corrected chi connectivity index (χ3v) is 1.99. The van der Waals surface area contributed by atoms with Crippen LogP contribution in [0.4, 0.5) is 0 Å². The Kier molecular flexibility index (Phi) is 7.49. The summed E-state index contributed by atoms with van der Waals surface area (Å²) in [5.74, 6) is 0. The lowest BCUT2D eigenvalue weighted by atomic mass is 10.0. The van der Waals surface area contributed by atoms with Gasteiger partial charge in [0.1, 0.15) is 0 Å². The molecule has 0 radical (unpaired) electrons. The highest BCUT2D eigenvalue weighted by molar-refractivity contribution is 6.35. The number of nitrogens with one attached hydrogen (secondary N) is 2. The second kappa shape index (κ2) is 8.14. The summed E-state index contributed by atoms with van der Waals surface area (Å²) in [5.41, 5.74) is 6.90. The predicted octanol–water partition coefficient (Wildman–Crippen LogP) is 0.0639. The molecule has 86 valence electrons. The van der Waals surface area contributed by atoms with Gasteiger partial charge in [0.25, 0.3) is 0 Å². The van der Waals surface area contributed by atoms with Gasteiger partial charge in [0.05, 0.1) is 5.71 Å². The van der Waals surface area contributed by atoms with Crippen LogP contribution in [0.2, 0.25) is 0 Å². The first kappa shape index (κ1) is 13.8. The van der Waals surface area contributed by atoms with Gasteiger partial charge in [-0.05, 0) is 13.3 Å². The molecule has 0 amide bonds. The second-order valence-electron chi connectivity index (χ2n) is 3.04. The number of carbonyl (C=O) groups is 1. The van der Waals surface area contributed by atoms with Crippen molar-refractivity contribution >= 4 is 12.0 Å². The lowest BCUT2D eigenvalue weighted by Gasteiger charge is -2.16. The number of aldehydes is 1. The molecule has 1 rings (SSSR count). The van der Waals surface area contributed by atoms with Gasteiger partial charge >= 0.3 is 0 Å². The van der Waals surface area contributed by atoms with Crippen LogP contribution in [0.15, 0.2) is 11.3 Å². The summed E-state index contributed by atoms with van der Waals surface area (Å²) in [6.07, 6.45) is 1.25. The molecule has 0 aromatic rings. The van der Waals surface area contributed by atoms with Gasteiger partial charge < -0.3 is 15.8 Å². The number of rotatable bonds is 3. The van der Waals surface area contributed by atoms with Crippen LogP contribution in [-0.4, -0.2) is 38.8 Å². The smallest absolute Gasteiger partial charge is 0.168 e. The van der Waals surface area contributed by atoms with E-state index >= 15 is 0 Å². The first-order valence-corrected chi connectivity index (χ1v) is 4.88. The first-order chi connectivity index (χ1) is 7.17. The number of hydrogen-bond acceptors (Lipinski definition) is 5. The SMILES string of the molecule is CCOC.N=C(C=O)C1=C(N)CCNC1. The quantitative estimate of drug-likeness (QED) is 0.457. The Morgan fingerprint density at radius 1 is 1.73 bits per heavy atom. The molecule has 0 fully saturated rings. The van der Waals surface area contributed by atoms with Crippen molar-refractivity contribution in [2.45, 2.75) is 13.3 Å². The molecule has 0 atom stereocenters. The molecular weight excluding hydrogens is 194 g/mol. The van der Waals surface area contributed by atoms with Crippen LogP contribution >= 0.6 is 0 Å². The fourth-order valence-corrected chi connectivity index (χ4v) is 1.04. The molecule has 15 heavy (non-hydrogen) atoms. The summed E-state index contributed by atoms with van der Waals surface area (Å²) in [6, 6.07) is 0. The molecule has 1 aliphatic heterocycles. The average Bonchev–Trinajstić information content (AvgIpc) is 2.29. The normalized spacial score (nSPS) is 15.3. The van der Waals surface area contributed by atoms with E-state index in [4.69, 9.17) is 11.1 Å². The fourth-order valence-electron chi connectivity index (χ4n) is 1.04. The van der Waals surface area contributed by atoms with Gasteiger partial charge in [-0.3, -0.25) is 10.2 Å². The fraction of sp³-hybridized carbons (Fsp3) is 0.600. The molecule has 5 nitrogen and oxygen atoms in total. The zero-order valence-electron chi connectivity index (χ0n) is 9.30. The van der Waals surface area contributed by atoms with E-state index < -0.39 is 0 Å². The first-order valence-electron chi connectivity index (χ1n) is 4.88. The van der Waals surface area contributed by atoms with Crippen molar-refractivity contribution in [2.24, 2.45) is 5.73 Å². The molecule has 1 heterocycles. The number of carbonyl (C=O) groups excluding carboxylic acids is 1. The molecule has 0 aliphatic carbocycles. The van der Waals surface area contributed by atoms with Gasteiger partial charge in [0, 0.05) is 38.1 Å². The average molecular weight is 213 g/mol. The van der Waals surface area contributed by atoms with Crippen LogP contribution in [0.1, 0.15) is 13.3 Å². The topological polar surface area (TPSA) is 88.2 Å². The monoisotopic (exact) mass is 213 g/mol. The molecule has 0 spiro atoms. The van der Waals surface area contributed by atoms with E-state index in [2.05, 4.69) is 10.1 Å². The van der Waals surface area contributed by atoms with Crippen molar-refractivity contribution in [3.05, 3.63) is 11.3 Å². The van der Waals surface area contributed by atoms with Crippen molar-refractivity contribution < 1.29 is 9.53 Å². The lowest BCUT2D eigenvalue weighted by Crippen LogP contribution is -2.31. The molecule has 1 aliphatic rings. The maximum atomic E-state index is 10.2. The minimum Gasteiger partial charge on any atom is -0.402 e. The number of nitrogens with two attached hydrogens (primary N) is 1. The van der Waals surface area contributed by atoms with E-state index in [1.54, 1.807) is 7.11 Å². The van der Waals surface area contributed by atoms with Crippen LogP contribution in [-0.2, 0) is 9.53 Å². The molecule has 0 bridgehead atoms. The van der Waals surface area contributed by atoms with Gasteiger partial charge in [-0.25, -0.2) is 0 Å². The maximum absolute atomic E-state index is 10.2. The summed E-state index contributed by atoms with van der Waals surface area (Å²) >= 11 is 0. The van der Waals surface area contributed by atoms with Gasteiger partial charge in [0.2, 0.25) is 0 Å². The third-order valence-electron chi connectivity index (χ3n) is 1.99. The van der Waals surface area contributed by atoms with Gasteiger partial charge in [0.15, 0.2) is 6.29 Å². The van der Waals surface area contributed by atoms with E-state index in [0.717, 1.165) is 19.6 Å². The van der Waals surface area contributed by atoms with Crippen LogP contribution in [0.25, 0.3) is 0 Å². The Balaban J connectivity index is 0.000000423. The minimum absolute atomic E-state index is 0.00491. The largest absolute Gasteiger partial charge is 0.402 e. The van der Waals surface area contributed by atoms with Crippen molar-refractivity contribution in [1.29, 1.82) is 5.41 Å². The summed E-state index contributed by atoms with van der Waals surface area (Å²) in [7, 11) is 1.68. The van der Waals surface area contributed by atoms with E-state index in [-0.39, 0.29) is 5.71 Å². The van der Waals surface area contributed by atoms with Crippen molar-refractivity contribution in [3.8, 4) is 0 Å². The number of methoxy groups -OCH3 is 1. The Labute approximate surface area is 90.2 Å². The molecule has 4 N–H and O–H groups in total. The van der Waals surface area contributed by atoms with Crippen molar-refractivity contribution in [1.82, 2.24) is 5.32 Å². The molecule has 0 aromatic carbocycles. The summed E-state index contributed by atoms with van der Waals surface area (Å²) in [4.78, 5) is 10.2. The van der Waals surface area contributed by atoms with Crippen molar-refractivity contribution in [3.63, 3.8) is 0 Å². The van der Waals surface area contributed by atoms with Gasteiger partial charge in [-0.15, -0.1) is 0 Å². The zero-order chi connectivity index (χ0) is 11.7. The molecular formula is C10H19N3O2. The zero-order valence-corrected chi connectivity index (χ0v) is 9.30. The summed E-state index contributed by atoms with van der Waals surface area (Å²) < 4.78 is 4.54. The van der Waals surface area contributed by atoms with E-state index in [0.29, 0.717) is 24.1 Å². The van der Waals surface area contributed by atoms with Gasteiger partial charge in [-0.2, -0.15) is 0 Å². The van der Waals surface area contributed by atoms with E-state index in [1.807, 2.05) is 6.92 Å². The Morgan fingerprint density at radius 2 is 2.33 bits per heavy atom. The highest BCUT2D eigenvalue weighted by Gasteiger charge is 2.12. The highest BCUT2D eigenvalue weighted by Crippen LogP contribution is 2.06. The molecule has 5 heteroatoms. The van der Waals surface area contributed by atoms with Crippen LogP contribution < -0.4 is 11.1 Å². The third kappa shape index (κ3) is 5.29. The summed E-state index contributed by atoms with van der Waals surface area (Å²) in [6.45, 7) is 4.16. The van der Waals surface area contributed by atoms with Crippen LogP contribution in [0.5, 0.6) is 0 Å². The molecule has 0 aromatic heterocycles. The highest BCUT2D eigenvalue weighted by atomic mass is 16.5. The Morgan fingerprint density at radius 3 is 2.73 bits per heavy atom. The Hall–Kier alpha value is -1.20. The standard InChI is InChI=1S/C7H11N3O.C3H8O/c8-6-1-2-10-3-5(6)7(9)4-11;1-3-4-2/h4,9-10H,1-3,8H2;3H2,1-2H3. The lowest BCUT2D eigenvalue weighted by molar-refractivity contribution is -0.102. The van der Waals surface area contributed by atoms with Crippen LogP contribution in [0.3, 0.4) is 0 Å². The molecule has 0 saturated carbocycles. The minimum atomic E-state index is -0.00491. The Bertz CT molecular complexity index is 247. The number of ether oxygens (including phenoxy) is 1. The van der Waals surface area contributed by atoms with Crippen molar-refractivity contribution in [2.75, 3.05) is 26.8 Å². The number of hydrogen-bond donors (Lipinski definition) is 3. The maximum Gasteiger partial charge on any atom is 0.168 e. The van der Waals surface area contributed by atoms with E-state index in [9.17, 15) is 4.79 Å². The molecule has 0 unspecified atom stereocenters. The predicted molar refractivity (Wildman–Crippen MR) is 60.0 cm³/mol. The summed E-state index contributed by atoms with van der Waals surface area (Å²) in [5, 5.41) is 10.3. The van der Waals surface area contributed by atoms with E-state index in [1.165, 1.54) is 0 Å².